The lowest BCUT2D eigenvalue weighted by Crippen LogP contribution is -2.44. The molecule has 2 aromatic rings. The number of imide groups is 1. The van der Waals surface area contributed by atoms with E-state index in [1.54, 1.807) is 0 Å². The Morgan fingerprint density at radius 3 is 2.02 bits per heavy atom. The number of nitrogens with zero attached hydrogens (tertiary/aromatic N) is 3. The van der Waals surface area contributed by atoms with Crippen molar-refractivity contribution in [3.05, 3.63) is 42.4 Å². The first-order chi connectivity index (χ1) is 22.4. The van der Waals surface area contributed by atoms with Gasteiger partial charge in [0, 0.05) is 31.7 Å². The van der Waals surface area contributed by atoms with Gasteiger partial charge in [-0.05, 0) is 18.5 Å². The third-order valence-electron chi connectivity index (χ3n) is 7.84. The number of hydrogen-bond donors (Lipinski definition) is 1. The van der Waals surface area contributed by atoms with E-state index in [1.165, 1.54) is 96.3 Å². The van der Waals surface area contributed by atoms with Crippen molar-refractivity contribution >= 4 is 18.1 Å². The number of ether oxygens (including phenoxy) is 3. The van der Waals surface area contributed by atoms with Gasteiger partial charge in [-0.3, -0.25) is 4.79 Å². The molecule has 11 nitrogen and oxygen atoms in total. The van der Waals surface area contributed by atoms with E-state index in [1.807, 2.05) is 35.9 Å². The minimum Gasteiger partial charge on any atom is -0.465 e. The number of rotatable bonds is 25. The number of alkyl carbamates (subject to hydrolysis) is 1. The third kappa shape index (κ3) is 17.2. The molecule has 0 spiro atoms. The quantitative estimate of drug-likeness (QED) is 0.0869. The fraction of sp³-hybridized carbons (Fsp3) is 0.686. The van der Waals surface area contributed by atoms with E-state index in [0.29, 0.717) is 13.1 Å². The van der Waals surface area contributed by atoms with E-state index < -0.39 is 24.2 Å². The highest BCUT2D eigenvalue weighted by molar-refractivity contribution is 5.90. The maximum absolute atomic E-state index is 12.9. The molecule has 1 unspecified atom stereocenters. The molecule has 0 saturated carbocycles. The second-order valence-electron chi connectivity index (χ2n) is 11.7. The lowest BCUT2D eigenvalue weighted by Gasteiger charge is -2.21. The van der Waals surface area contributed by atoms with E-state index >= 15 is 0 Å². The van der Waals surface area contributed by atoms with Gasteiger partial charge < -0.3 is 24.1 Å². The van der Waals surface area contributed by atoms with Gasteiger partial charge in [0.25, 0.3) is 5.88 Å². The van der Waals surface area contributed by atoms with Crippen molar-refractivity contribution in [2.24, 2.45) is 0 Å². The maximum Gasteiger partial charge on any atom is 0.417 e. The molecule has 0 aliphatic rings. The summed E-state index contributed by atoms with van der Waals surface area (Å²) in [6.45, 7) is 6.32. The summed E-state index contributed by atoms with van der Waals surface area (Å²) in [4.78, 5) is 38.5. The van der Waals surface area contributed by atoms with E-state index in [-0.39, 0.29) is 25.6 Å². The van der Waals surface area contributed by atoms with Crippen molar-refractivity contribution < 1.29 is 37.7 Å². The molecule has 3 amide bonds. The Morgan fingerprint density at radius 1 is 0.848 bits per heavy atom. The molecular formula is C35H57N4O7+. The van der Waals surface area contributed by atoms with Gasteiger partial charge in [-0.2, -0.15) is 0 Å². The van der Waals surface area contributed by atoms with Crippen LogP contribution in [0, 0.1) is 0 Å². The number of nitrogens with one attached hydrogen (secondary N) is 1. The Labute approximate surface area is 275 Å². The average molecular weight is 646 g/mol. The van der Waals surface area contributed by atoms with Crippen LogP contribution < -0.4 is 14.6 Å². The highest BCUT2D eigenvalue weighted by Gasteiger charge is 2.26. The molecule has 258 valence electrons. The van der Waals surface area contributed by atoms with Gasteiger partial charge in [0.05, 0.1) is 0 Å². The molecule has 0 radical (unpaired) electrons. The van der Waals surface area contributed by atoms with Crippen LogP contribution >= 0.6 is 0 Å². The Bertz CT molecular complexity index is 1100. The lowest BCUT2D eigenvalue weighted by molar-refractivity contribution is -0.701. The van der Waals surface area contributed by atoms with Gasteiger partial charge in [0.1, 0.15) is 32.6 Å². The Kier molecular flexibility index (Phi) is 20.6. The number of carbonyl (C=O) groups excluding carboxylic acids is 3. The van der Waals surface area contributed by atoms with Crippen LogP contribution in [-0.2, 0) is 27.4 Å². The predicted molar refractivity (Wildman–Crippen MR) is 175 cm³/mol. The number of unbranched alkanes of at least 4 members (excludes halogenated alkanes) is 14. The zero-order valence-electron chi connectivity index (χ0n) is 28.4. The third-order valence-corrected chi connectivity index (χ3v) is 7.84. The van der Waals surface area contributed by atoms with E-state index in [0.717, 1.165) is 29.9 Å². The summed E-state index contributed by atoms with van der Waals surface area (Å²) in [5.74, 6) is -0.306. The zero-order chi connectivity index (χ0) is 33.2. The summed E-state index contributed by atoms with van der Waals surface area (Å²) in [6.07, 6.45) is 20.2. The van der Waals surface area contributed by atoms with Crippen molar-refractivity contribution in [1.29, 1.82) is 0 Å². The molecule has 2 rings (SSSR count). The van der Waals surface area contributed by atoms with Gasteiger partial charge in [-0.25, -0.2) is 19.1 Å². The second-order valence-corrected chi connectivity index (χ2v) is 11.7. The minimum absolute atomic E-state index is 0.0515. The smallest absolute Gasteiger partial charge is 0.417 e. The normalized spacial score (nSPS) is 11.5. The lowest BCUT2D eigenvalue weighted by atomic mass is 10.0. The van der Waals surface area contributed by atoms with E-state index in [2.05, 4.69) is 17.4 Å². The first-order valence-electron chi connectivity index (χ1n) is 17.3. The van der Waals surface area contributed by atoms with Crippen LogP contribution in [0.2, 0.25) is 0 Å². The zero-order valence-corrected chi connectivity index (χ0v) is 28.4. The molecule has 11 heteroatoms. The summed E-state index contributed by atoms with van der Waals surface area (Å²) in [6, 6.07) is 7.06. The van der Waals surface area contributed by atoms with Gasteiger partial charge in [0.15, 0.2) is 12.3 Å². The number of hydrogen-bond acceptors (Lipinski definition) is 8. The molecule has 1 atom stereocenters. The van der Waals surface area contributed by atoms with Crippen LogP contribution in [0.4, 0.5) is 9.59 Å². The fourth-order valence-corrected chi connectivity index (χ4v) is 5.13. The topological polar surface area (TPSA) is 124 Å². The molecule has 0 fully saturated rings. The van der Waals surface area contributed by atoms with Crippen LogP contribution in [-0.4, -0.2) is 54.0 Å². The van der Waals surface area contributed by atoms with Crippen LogP contribution in [0.5, 0.6) is 5.88 Å². The van der Waals surface area contributed by atoms with Crippen molar-refractivity contribution in [2.75, 3.05) is 19.8 Å². The highest BCUT2D eigenvalue weighted by atomic mass is 16.6. The largest absolute Gasteiger partial charge is 0.465 e. The molecule has 0 aliphatic carbocycles. The summed E-state index contributed by atoms with van der Waals surface area (Å²) in [5.41, 5.74) is 0.779. The molecule has 0 saturated heterocycles. The molecule has 0 aliphatic heterocycles. The second kappa shape index (κ2) is 24.6. The summed E-state index contributed by atoms with van der Waals surface area (Å²) in [5, 5.41) is 6.48. The number of amides is 3. The van der Waals surface area contributed by atoms with E-state index in [4.69, 9.17) is 18.7 Å². The van der Waals surface area contributed by atoms with Crippen LogP contribution in [0.15, 0.2) is 41.2 Å². The van der Waals surface area contributed by atoms with Gasteiger partial charge in [-0.1, -0.05) is 103 Å². The fourth-order valence-electron chi connectivity index (χ4n) is 5.13. The van der Waals surface area contributed by atoms with Gasteiger partial charge in [-0.15, -0.1) is 0 Å². The molecule has 0 aromatic carbocycles. The Balaban J connectivity index is 1.63. The van der Waals surface area contributed by atoms with Crippen molar-refractivity contribution in [3.8, 4) is 5.88 Å². The molecule has 2 aromatic heterocycles. The average Bonchev–Trinajstić information content (AvgIpc) is 3.57. The maximum atomic E-state index is 12.9. The molecule has 1 N–H and O–H groups in total. The van der Waals surface area contributed by atoms with Gasteiger partial charge in [0.2, 0.25) is 11.6 Å². The number of pyridine rings is 1. The van der Waals surface area contributed by atoms with Gasteiger partial charge >= 0.3 is 12.2 Å². The van der Waals surface area contributed by atoms with Crippen molar-refractivity contribution in [2.45, 2.75) is 136 Å². The Hall–Kier alpha value is -3.63. The van der Waals surface area contributed by atoms with Crippen LogP contribution in [0.3, 0.4) is 0 Å². The first kappa shape index (κ1) is 38.6. The van der Waals surface area contributed by atoms with Crippen molar-refractivity contribution in [1.82, 2.24) is 15.4 Å². The summed E-state index contributed by atoms with van der Waals surface area (Å²) >= 11 is 0. The minimum atomic E-state index is -0.864. The highest BCUT2D eigenvalue weighted by Crippen LogP contribution is 2.14. The molecule has 46 heavy (non-hydrogen) atoms. The van der Waals surface area contributed by atoms with Crippen LogP contribution in [0.25, 0.3) is 0 Å². The SMILES string of the molecule is CCCCCCCCCCCCCCCCCNC(=O)OCC(COC(=O)N(Cc1cccc[n+]1CC)C(C)=O)Oc1ccon1. The summed E-state index contributed by atoms with van der Waals surface area (Å²) in [7, 11) is 0. The number of aromatic nitrogens is 2. The Morgan fingerprint density at radius 2 is 1.46 bits per heavy atom. The number of aryl methyl sites for hydroxylation is 1. The first-order valence-corrected chi connectivity index (χ1v) is 17.3. The van der Waals surface area contributed by atoms with Crippen LogP contribution in [0.1, 0.15) is 123 Å². The number of carbonyl (C=O) groups is 3. The molecule has 0 bridgehead atoms. The summed E-state index contributed by atoms with van der Waals surface area (Å²) < 4.78 is 23.2. The molecule has 2 heterocycles. The standard InChI is InChI=1S/C35H56N4O7/c1-4-6-7-8-9-10-11-12-13-14-15-16-17-18-20-24-36-34(41)43-28-32(46-33-23-26-45-37-33)29-44-35(42)39(30(3)40)27-31-22-19-21-25-38(31)5-2/h19,21-23,25-26,32H,4-18,20,24,27-29H2,1-3H3/p+1. The predicted octanol–water partition coefficient (Wildman–Crippen LogP) is 7.51. The monoisotopic (exact) mass is 645 g/mol. The molecular weight excluding hydrogens is 588 g/mol. The van der Waals surface area contributed by atoms with E-state index in [9.17, 15) is 14.4 Å². The van der Waals surface area contributed by atoms with Crippen molar-refractivity contribution in [3.63, 3.8) is 0 Å².